The molecular formula is C31H55O5PS. The molecule has 0 aliphatic heterocycles. The highest BCUT2D eigenvalue weighted by Crippen LogP contribution is 2.44. The molecule has 0 radical (unpaired) electrons. The molecule has 0 bridgehead atoms. The van der Waals surface area contributed by atoms with Crippen molar-refractivity contribution < 1.29 is 22.7 Å². The molecule has 0 aliphatic rings. The van der Waals surface area contributed by atoms with Crippen LogP contribution in [-0.2, 0) is 19.8 Å². The number of carbonyl (C=O) groups is 1. The number of rotatable bonds is 27. The van der Waals surface area contributed by atoms with E-state index in [1.54, 1.807) is 12.1 Å². The van der Waals surface area contributed by atoms with Crippen molar-refractivity contribution in [2.45, 2.75) is 155 Å². The van der Waals surface area contributed by atoms with Gasteiger partial charge in [-0.05, 0) is 56.3 Å². The van der Waals surface area contributed by atoms with E-state index in [-0.39, 0.29) is 5.75 Å². The summed E-state index contributed by atoms with van der Waals surface area (Å²) in [5.41, 5.74) is 1.16. The van der Waals surface area contributed by atoms with Gasteiger partial charge in [0, 0.05) is 12.8 Å². The zero-order chi connectivity index (χ0) is 27.7. The van der Waals surface area contributed by atoms with Crippen LogP contribution in [0.2, 0.25) is 0 Å². The van der Waals surface area contributed by atoms with Gasteiger partial charge >= 0.3 is 7.82 Å². The summed E-state index contributed by atoms with van der Waals surface area (Å²) in [6.07, 6.45) is 28.3. The molecule has 0 aromatic heterocycles. The third-order valence-corrected chi connectivity index (χ3v) is 8.49. The second-order valence-corrected chi connectivity index (χ2v) is 12.6. The smallest absolute Gasteiger partial charge is 0.404 e. The summed E-state index contributed by atoms with van der Waals surface area (Å²) >= 11 is 3.34. The Labute approximate surface area is 239 Å². The van der Waals surface area contributed by atoms with Crippen molar-refractivity contribution in [3.8, 4) is 5.75 Å². The minimum atomic E-state index is -4.14. The first-order valence-corrected chi connectivity index (χ1v) is 17.3. The van der Waals surface area contributed by atoms with Crippen molar-refractivity contribution in [2.24, 2.45) is 0 Å². The number of aryl methyl sites for hydroxylation is 1. The highest BCUT2D eigenvalue weighted by molar-refractivity contribution is 7.80. The van der Waals surface area contributed by atoms with Crippen molar-refractivity contribution in [1.29, 1.82) is 0 Å². The summed E-state index contributed by atoms with van der Waals surface area (Å²) in [6, 6.07) is 7.11. The van der Waals surface area contributed by atoms with Gasteiger partial charge in [-0.3, -0.25) is 9.69 Å². The first-order valence-electron chi connectivity index (χ1n) is 15.4. The second kappa shape index (κ2) is 24.0. The number of Topliss-reactive ketones (excluding diaryl/α,β-unsaturated/α-hetero) is 1. The maximum absolute atomic E-state index is 12.1. The Bertz CT molecular complexity index is 740. The molecule has 1 atom stereocenters. The molecule has 0 fully saturated rings. The topological polar surface area (TPSA) is 72.8 Å². The van der Waals surface area contributed by atoms with Gasteiger partial charge < -0.3 is 4.52 Å². The average molecular weight is 571 g/mol. The predicted octanol–water partition coefficient (Wildman–Crippen LogP) is 10.7. The lowest BCUT2D eigenvalue weighted by Gasteiger charge is -2.09. The summed E-state index contributed by atoms with van der Waals surface area (Å²) in [7, 11) is -4.14. The van der Waals surface area contributed by atoms with Gasteiger partial charge in [0.1, 0.15) is 11.5 Å². The van der Waals surface area contributed by atoms with E-state index >= 15 is 0 Å². The zero-order valence-corrected chi connectivity index (χ0v) is 25.8. The number of unbranched alkanes of at least 4 members (excludes halogenated alkanes) is 18. The van der Waals surface area contributed by atoms with Crippen LogP contribution in [0.15, 0.2) is 24.3 Å². The average Bonchev–Trinajstić information content (AvgIpc) is 2.91. The maximum atomic E-state index is 12.1. The van der Waals surface area contributed by atoms with Gasteiger partial charge in [-0.25, -0.2) is 8.54 Å². The Balaban J connectivity index is 1.85. The lowest BCUT2D eigenvalue weighted by molar-refractivity contribution is -0.119. The van der Waals surface area contributed by atoms with E-state index < -0.39 is 7.82 Å². The maximum Gasteiger partial charge on any atom is 0.538 e. The third kappa shape index (κ3) is 21.1. The highest BCUT2D eigenvalue weighted by Gasteiger charge is 2.21. The fraction of sp³-hybridized carbons (Fsp3) is 0.774. The number of benzene rings is 1. The second-order valence-electron chi connectivity index (χ2n) is 10.8. The molecule has 5 nitrogen and oxygen atoms in total. The molecule has 1 aromatic carbocycles. The first-order chi connectivity index (χ1) is 18.5. The number of carbonyl (C=O) groups excluding carboxylic acids is 1. The van der Waals surface area contributed by atoms with Crippen LogP contribution in [0.1, 0.15) is 154 Å². The van der Waals surface area contributed by atoms with Gasteiger partial charge in [-0.1, -0.05) is 128 Å². The molecule has 1 rings (SSSR count). The lowest BCUT2D eigenvalue weighted by Crippen LogP contribution is -1.97. The molecule has 1 N–H and O–H groups in total. The molecule has 7 heteroatoms. The largest absolute Gasteiger partial charge is 0.538 e. The molecule has 220 valence electrons. The van der Waals surface area contributed by atoms with Crippen LogP contribution in [0.5, 0.6) is 5.75 Å². The van der Waals surface area contributed by atoms with Crippen molar-refractivity contribution in [3.63, 3.8) is 0 Å². The molecule has 0 saturated carbocycles. The quantitative estimate of drug-likeness (QED) is 0.0476. The van der Waals surface area contributed by atoms with Gasteiger partial charge in [0.05, 0.1) is 0 Å². The number of ketones is 1. The van der Waals surface area contributed by atoms with Gasteiger partial charge in [0.2, 0.25) is 0 Å². The van der Waals surface area contributed by atoms with Crippen LogP contribution in [0.3, 0.4) is 0 Å². The van der Waals surface area contributed by atoms with Crippen LogP contribution in [0.4, 0.5) is 0 Å². The summed E-state index contributed by atoms with van der Waals surface area (Å²) in [5, 5.41) is 0. The SMILES string of the molecule is CCCCCCCCCCCCCCCCCC(=O)CCCCCCCc1ccc(OP(=O)(O)OS)cc1. The van der Waals surface area contributed by atoms with Gasteiger partial charge in [0.25, 0.3) is 0 Å². The third-order valence-electron chi connectivity index (χ3n) is 7.23. The molecule has 0 amide bonds. The van der Waals surface area contributed by atoms with E-state index in [9.17, 15) is 14.3 Å². The number of thiol groups is 1. The van der Waals surface area contributed by atoms with E-state index in [1.165, 1.54) is 89.9 Å². The highest BCUT2D eigenvalue weighted by atomic mass is 32.1. The molecule has 38 heavy (non-hydrogen) atoms. The molecule has 1 aromatic rings. The zero-order valence-electron chi connectivity index (χ0n) is 24.0. The van der Waals surface area contributed by atoms with Crippen LogP contribution < -0.4 is 4.52 Å². The first kappa shape index (κ1) is 35.2. The van der Waals surface area contributed by atoms with Crippen molar-refractivity contribution in [1.82, 2.24) is 0 Å². The minimum absolute atomic E-state index is 0.280. The molecule has 0 heterocycles. The number of phosphoric acid groups is 1. The minimum Gasteiger partial charge on any atom is -0.404 e. The summed E-state index contributed by atoms with van der Waals surface area (Å²) in [4.78, 5) is 21.4. The number of phosphoric ester groups is 1. The summed E-state index contributed by atoms with van der Waals surface area (Å²) < 4.78 is 20.3. The Morgan fingerprint density at radius 3 is 1.50 bits per heavy atom. The predicted molar refractivity (Wildman–Crippen MR) is 163 cm³/mol. The van der Waals surface area contributed by atoms with E-state index in [1.807, 2.05) is 12.1 Å². The molecule has 0 saturated heterocycles. The van der Waals surface area contributed by atoms with Crippen LogP contribution in [-0.4, -0.2) is 10.7 Å². The van der Waals surface area contributed by atoms with Crippen molar-refractivity contribution >= 4 is 26.5 Å². The standard InChI is InChI=1S/C31H55O5PS/c1-2-3-4-5-6-7-8-9-10-11-12-13-14-17-20-23-30(32)24-21-18-15-16-19-22-29-25-27-31(28-26-29)35-37(33,34)36-38/h25-28,38H,2-24H2,1H3,(H,33,34). The lowest BCUT2D eigenvalue weighted by atomic mass is 10.0. The van der Waals surface area contributed by atoms with Crippen LogP contribution in [0.25, 0.3) is 0 Å². The van der Waals surface area contributed by atoms with E-state index in [0.717, 1.165) is 63.4 Å². The van der Waals surface area contributed by atoms with E-state index in [0.29, 0.717) is 5.78 Å². The number of hydrogen-bond donors (Lipinski definition) is 2. The van der Waals surface area contributed by atoms with E-state index in [2.05, 4.69) is 23.8 Å². The van der Waals surface area contributed by atoms with Gasteiger partial charge in [-0.15, -0.1) is 0 Å². The van der Waals surface area contributed by atoms with Gasteiger partial charge in [-0.2, -0.15) is 0 Å². The molecule has 1 unspecified atom stereocenters. The fourth-order valence-electron chi connectivity index (χ4n) is 4.87. The Morgan fingerprint density at radius 2 is 1.08 bits per heavy atom. The molecule has 0 aliphatic carbocycles. The molecular weight excluding hydrogens is 515 g/mol. The Morgan fingerprint density at radius 1 is 0.684 bits per heavy atom. The van der Waals surface area contributed by atoms with Crippen LogP contribution in [0, 0.1) is 0 Å². The van der Waals surface area contributed by atoms with E-state index in [4.69, 9.17) is 4.52 Å². The number of hydrogen-bond acceptors (Lipinski definition) is 5. The Kier molecular flexibility index (Phi) is 22.3. The summed E-state index contributed by atoms with van der Waals surface area (Å²) in [5.74, 6) is 0.723. The normalized spacial score (nSPS) is 12.9. The van der Waals surface area contributed by atoms with Crippen molar-refractivity contribution in [3.05, 3.63) is 29.8 Å². The van der Waals surface area contributed by atoms with Crippen molar-refractivity contribution in [2.75, 3.05) is 0 Å². The molecule has 0 spiro atoms. The fourth-order valence-corrected chi connectivity index (χ4v) is 5.39. The summed E-state index contributed by atoms with van der Waals surface area (Å²) in [6.45, 7) is 2.28. The van der Waals surface area contributed by atoms with Crippen LogP contribution >= 0.6 is 20.7 Å². The Hall–Kier alpha value is -0.810. The van der Waals surface area contributed by atoms with Gasteiger partial charge in [0.15, 0.2) is 0 Å². The monoisotopic (exact) mass is 570 g/mol.